The van der Waals surface area contributed by atoms with Gasteiger partial charge in [0.05, 0.1) is 11.3 Å². The van der Waals surface area contributed by atoms with Gasteiger partial charge in [0.15, 0.2) is 0 Å². The molecule has 1 unspecified atom stereocenters. The molecule has 0 radical (unpaired) electrons. The van der Waals surface area contributed by atoms with Crippen molar-refractivity contribution < 1.29 is 14.4 Å². The fourth-order valence-electron chi connectivity index (χ4n) is 2.66. The smallest absolute Gasteiger partial charge is 0.287 e. The first-order chi connectivity index (χ1) is 13.1. The highest BCUT2D eigenvalue weighted by molar-refractivity contribution is 7.08. The molecule has 2 heterocycles. The summed E-state index contributed by atoms with van der Waals surface area (Å²) in [5, 5.41) is 6.16. The maximum atomic E-state index is 12.8. The Morgan fingerprint density at radius 3 is 2.44 bits per heavy atom. The summed E-state index contributed by atoms with van der Waals surface area (Å²) in [7, 11) is 0. The van der Waals surface area contributed by atoms with Crippen LogP contribution >= 0.6 is 11.3 Å². The Morgan fingerprint density at radius 2 is 1.78 bits per heavy atom. The lowest BCUT2D eigenvalue weighted by atomic mass is 10.0. The van der Waals surface area contributed by atoms with E-state index in [1.54, 1.807) is 23.7 Å². The van der Waals surface area contributed by atoms with Gasteiger partial charge in [0.2, 0.25) is 5.78 Å². The quantitative estimate of drug-likeness (QED) is 0.614. The van der Waals surface area contributed by atoms with Gasteiger partial charge in [0.1, 0.15) is 6.04 Å². The fourth-order valence-corrected chi connectivity index (χ4v) is 3.48. The van der Waals surface area contributed by atoms with Gasteiger partial charge in [-0.15, -0.1) is 0 Å². The molecule has 3 N–H and O–H groups in total. The SMILES string of the molecule is NC(=O)C(=O)C(Cc1ccccc1)NC(=O)c1cscc1-c1ccccn1. The summed E-state index contributed by atoms with van der Waals surface area (Å²) in [6.45, 7) is 0. The maximum Gasteiger partial charge on any atom is 0.287 e. The van der Waals surface area contributed by atoms with E-state index in [9.17, 15) is 14.4 Å². The molecular formula is C20H17N3O3S. The first kappa shape index (κ1) is 18.5. The van der Waals surface area contributed by atoms with E-state index in [0.29, 0.717) is 16.8 Å². The zero-order valence-corrected chi connectivity index (χ0v) is 15.1. The third-order valence-electron chi connectivity index (χ3n) is 3.99. The highest BCUT2D eigenvalue weighted by Gasteiger charge is 2.27. The van der Waals surface area contributed by atoms with Gasteiger partial charge in [-0.3, -0.25) is 19.4 Å². The third-order valence-corrected chi connectivity index (χ3v) is 4.74. The van der Waals surface area contributed by atoms with Crippen LogP contribution in [0.5, 0.6) is 0 Å². The molecule has 136 valence electrons. The average Bonchev–Trinajstić information content (AvgIpc) is 3.18. The fraction of sp³-hybridized carbons (Fsp3) is 0.100. The van der Waals surface area contributed by atoms with E-state index in [-0.39, 0.29) is 6.42 Å². The maximum absolute atomic E-state index is 12.8. The molecule has 0 saturated carbocycles. The molecule has 2 amide bonds. The van der Waals surface area contributed by atoms with Gasteiger partial charge in [-0.1, -0.05) is 36.4 Å². The molecule has 7 heteroatoms. The van der Waals surface area contributed by atoms with Gasteiger partial charge in [-0.05, 0) is 17.7 Å². The summed E-state index contributed by atoms with van der Waals surface area (Å²) in [5.74, 6) is -2.36. The first-order valence-corrected chi connectivity index (χ1v) is 9.16. The van der Waals surface area contributed by atoms with Crippen LogP contribution in [0.3, 0.4) is 0 Å². The minimum absolute atomic E-state index is 0.178. The van der Waals surface area contributed by atoms with E-state index in [4.69, 9.17) is 5.73 Å². The number of hydrogen-bond acceptors (Lipinski definition) is 5. The number of rotatable bonds is 7. The van der Waals surface area contributed by atoms with E-state index in [2.05, 4.69) is 10.3 Å². The van der Waals surface area contributed by atoms with Gasteiger partial charge < -0.3 is 11.1 Å². The Hall–Kier alpha value is -3.32. The summed E-state index contributed by atoms with van der Waals surface area (Å²) >= 11 is 1.36. The number of pyridine rings is 1. The van der Waals surface area contributed by atoms with Gasteiger partial charge >= 0.3 is 0 Å². The van der Waals surface area contributed by atoms with Gasteiger partial charge in [-0.2, -0.15) is 11.3 Å². The summed E-state index contributed by atoms with van der Waals surface area (Å²) in [4.78, 5) is 40.7. The van der Waals surface area contributed by atoms with Crippen LogP contribution in [0.2, 0.25) is 0 Å². The lowest BCUT2D eigenvalue weighted by Crippen LogP contribution is -2.47. The predicted molar refractivity (Wildman–Crippen MR) is 103 cm³/mol. The number of Topliss-reactive ketones (excluding diaryl/α,β-unsaturated/α-hetero) is 1. The highest BCUT2D eigenvalue weighted by Crippen LogP contribution is 2.25. The van der Waals surface area contributed by atoms with E-state index in [1.807, 2.05) is 41.8 Å². The van der Waals surface area contributed by atoms with Crippen LogP contribution in [0, 0.1) is 0 Å². The molecule has 0 aliphatic heterocycles. The first-order valence-electron chi connectivity index (χ1n) is 8.22. The number of carbonyl (C=O) groups excluding carboxylic acids is 3. The molecule has 0 bridgehead atoms. The number of nitrogens with one attached hydrogen (secondary N) is 1. The van der Waals surface area contributed by atoms with Crippen molar-refractivity contribution in [3.8, 4) is 11.3 Å². The molecule has 0 saturated heterocycles. The number of primary amides is 1. The van der Waals surface area contributed by atoms with Crippen molar-refractivity contribution >= 4 is 28.9 Å². The molecule has 3 rings (SSSR count). The molecule has 0 spiro atoms. The minimum atomic E-state index is -1.08. The van der Waals surface area contributed by atoms with Gasteiger partial charge in [-0.25, -0.2) is 0 Å². The summed E-state index contributed by atoms with van der Waals surface area (Å²) < 4.78 is 0. The molecule has 0 fully saturated rings. The number of ketones is 1. The monoisotopic (exact) mass is 379 g/mol. The number of nitrogens with two attached hydrogens (primary N) is 1. The molecular weight excluding hydrogens is 362 g/mol. The largest absolute Gasteiger partial charge is 0.363 e. The molecule has 6 nitrogen and oxygen atoms in total. The van der Waals surface area contributed by atoms with Crippen LogP contribution in [0.15, 0.2) is 65.5 Å². The third kappa shape index (κ3) is 4.45. The molecule has 1 aromatic carbocycles. The van der Waals surface area contributed by atoms with E-state index >= 15 is 0 Å². The number of thiophene rings is 1. The molecule has 0 aliphatic carbocycles. The van der Waals surface area contributed by atoms with Crippen molar-refractivity contribution in [2.75, 3.05) is 0 Å². The molecule has 27 heavy (non-hydrogen) atoms. The van der Waals surface area contributed by atoms with Crippen LogP contribution in [0.4, 0.5) is 0 Å². The lowest BCUT2D eigenvalue weighted by Gasteiger charge is -2.16. The summed E-state index contributed by atoms with van der Waals surface area (Å²) in [6, 6.07) is 13.5. The average molecular weight is 379 g/mol. The van der Waals surface area contributed by atoms with E-state index < -0.39 is 23.6 Å². The Labute approximate surface area is 160 Å². The van der Waals surface area contributed by atoms with E-state index in [1.165, 1.54) is 11.3 Å². The van der Waals surface area contributed by atoms with E-state index in [0.717, 1.165) is 5.56 Å². The van der Waals surface area contributed by atoms with Gasteiger partial charge in [0, 0.05) is 28.9 Å². The Balaban J connectivity index is 1.84. The van der Waals surface area contributed by atoms with Crippen molar-refractivity contribution in [2.24, 2.45) is 5.73 Å². The second kappa shape index (κ2) is 8.37. The predicted octanol–water partition coefficient (Wildman–Crippen LogP) is 2.21. The summed E-state index contributed by atoms with van der Waals surface area (Å²) in [5.41, 5.74) is 7.69. The van der Waals surface area contributed by atoms with Crippen molar-refractivity contribution in [3.05, 3.63) is 76.6 Å². The number of amides is 2. The van der Waals surface area contributed by atoms with Crippen LogP contribution in [-0.2, 0) is 16.0 Å². The molecule has 3 aromatic rings. The molecule has 0 aliphatic rings. The zero-order valence-electron chi connectivity index (χ0n) is 14.3. The highest BCUT2D eigenvalue weighted by atomic mass is 32.1. The van der Waals surface area contributed by atoms with Crippen molar-refractivity contribution in [2.45, 2.75) is 12.5 Å². The lowest BCUT2D eigenvalue weighted by molar-refractivity contribution is -0.137. The second-order valence-electron chi connectivity index (χ2n) is 5.86. The van der Waals surface area contributed by atoms with Crippen LogP contribution in [-0.4, -0.2) is 28.6 Å². The minimum Gasteiger partial charge on any atom is -0.363 e. The Kier molecular flexibility index (Phi) is 5.73. The second-order valence-corrected chi connectivity index (χ2v) is 6.60. The number of benzene rings is 1. The Bertz CT molecular complexity index is 955. The molecule has 1 atom stereocenters. The van der Waals surface area contributed by atoms with Crippen LogP contribution in [0.1, 0.15) is 15.9 Å². The van der Waals surface area contributed by atoms with Gasteiger partial charge in [0.25, 0.3) is 11.8 Å². The topological polar surface area (TPSA) is 102 Å². The normalized spacial score (nSPS) is 11.6. The number of aromatic nitrogens is 1. The zero-order chi connectivity index (χ0) is 19.2. The standard InChI is InChI=1S/C20H17N3O3S/c21-19(25)18(24)17(10-13-6-2-1-3-7-13)23-20(26)15-12-27-11-14(15)16-8-4-5-9-22-16/h1-9,11-12,17H,10H2,(H2,21,25)(H,23,26). The van der Waals surface area contributed by atoms with Crippen LogP contribution < -0.4 is 11.1 Å². The van der Waals surface area contributed by atoms with Crippen molar-refractivity contribution in [3.63, 3.8) is 0 Å². The Morgan fingerprint density at radius 1 is 1.04 bits per heavy atom. The molecule has 2 aromatic heterocycles. The van der Waals surface area contributed by atoms with Crippen LogP contribution in [0.25, 0.3) is 11.3 Å². The number of nitrogens with zero attached hydrogens (tertiary/aromatic N) is 1. The number of carbonyl (C=O) groups is 3. The van der Waals surface area contributed by atoms with Crippen molar-refractivity contribution in [1.29, 1.82) is 0 Å². The van der Waals surface area contributed by atoms with Crippen molar-refractivity contribution in [1.82, 2.24) is 10.3 Å². The summed E-state index contributed by atoms with van der Waals surface area (Å²) in [6.07, 6.45) is 1.82. The number of hydrogen-bond donors (Lipinski definition) is 2.